The Kier molecular flexibility index (Phi) is 6.94. The Morgan fingerprint density at radius 1 is 1.19 bits per heavy atom. The number of ether oxygens (including phenoxy) is 3. The molecule has 0 N–H and O–H groups in total. The van der Waals surface area contributed by atoms with Gasteiger partial charge in [-0.1, -0.05) is 6.07 Å². The van der Waals surface area contributed by atoms with Crippen molar-refractivity contribution in [3.63, 3.8) is 0 Å². The van der Waals surface area contributed by atoms with Crippen molar-refractivity contribution in [3.05, 3.63) is 41.5 Å². The summed E-state index contributed by atoms with van der Waals surface area (Å²) >= 11 is 0. The van der Waals surface area contributed by atoms with Gasteiger partial charge < -0.3 is 24.0 Å². The number of aryl methyl sites for hydroxylation is 1. The largest absolute Gasteiger partial charge is 0.493 e. The first-order valence-electron chi connectivity index (χ1n) is 10.1. The molecule has 0 spiro atoms. The molecule has 31 heavy (non-hydrogen) atoms. The Hall–Kier alpha value is -3.36. The second-order valence-electron chi connectivity index (χ2n) is 7.45. The van der Waals surface area contributed by atoms with Gasteiger partial charge in [-0.05, 0) is 31.9 Å². The molecular weight excluding hydrogens is 400 g/mol. The number of rotatable bonds is 7. The normalized spacial score (nSPS) is 15.5. The Morgan fingerprint density at radius 3 is 2.45 bits per heavy atom. The smallest absolute Gasteiger partial charge is 0.261 e. The zero-order valence-electron chi connectivity index (χ0n) is 18.5. The van der Waals surface area contributed by atoms with Crippen molar-refractivity contribution in [1.29, 1.82) is 0 Å². The van der Waals surface area contributed by atoms with E-state index < -0.39 is 0 Å². The Balaban J connectivity index is 1.75. The first-order valence-corrected chi connectivity index (χ1v) is 10.1. The molecule has 1 aromatic carbocycles. The van der Waals surface area contributed by atoms with Crippen molar-refractivity contribution in [2.24, 2.45) is 0 Å². The molecule has 1 aromatic heterocycles. The molecule has 2 heterocycles. The van der Waals surface area contributed by atoms with Crippen molar-refractivity contribution in [3.8, 4) is 17.2 Å². The van der Waals surface area contributed by atoms with Crippen LogP contribution in [-0.2, 0) is 4.79 Å². The SMILES string of the molecule is COc1cccc(OC)c1OCC(=O)N1CCC[C@@H]1c1ncc(C(=O)N(C)C)c(C)n1. The number of hydrogen-bond donors (Lipinski definition) is 0. The molecule has 2 amide bonds. The molecule has 1 saturated heterocycles. The molecule has 1 aliphatic rings. The average molecular weight is 428 g/mol. The summed E-state index contributed by atoms with van der Waals surface area (Å²) in [5, 5.41) is 0. The summed E-state index contributed by atoms with van der Waals surface area (Å²) in [6.07, 6.45) is 3.14. The summed E-state index contributed by atoms with van der Waals surface area (Å²) in [5.41, 5.74) is 1.05. The highest BCUT2D eigenvalue weighted by Crippen LogP contribution is 2.37. The summed E-state index contributed by atoms with van der Waals surface area (Å²) < 4.78 is 16.4. The van der Waals surface area contributed by atoms with Crippen LogP contribution >= 0.6 is 0 Å². The van der Waals surface area contributed by atoms with Gasteiger partial charge in [-0.15, -0.1) is 0 Å². The maximum atomic E-state index is 13.0. The van der Waals surface area contributed by atoms with E-state index in [0.717, 1.165) is 12.8 Å². The van der Waals surface area contributed by atoms with E-state index in [1.54, 1.807) is 44.1 Å². The van der Waals surface area contributed by atoms with Crippen LogP contribution < -0.4 is 14.2 Å². The molecule has 1 atom stereocenters. The highest BCUT2D eigenvalue weighted by atomic mass is 16.5. The lowest BCUT2D eigenvalue weighted by Crippen LogP contribution is -2.35. The fourth-order valence-corrected chi connectivity index (χ4v) is 3.61. The van der Waals surface area contributed by atoms with Crippen molar-refractivity contribution in [1.82, 2.24) is 19.8 Å². The predicted octanol–water partition coefficient (Wildman–Crippen LogP) is 2.25. The second-order valence-corrected chi connectivity index (χ2v) is 7.45. The number of carbonyl (C=O) groups is 2. The molecule has 0 radical (unpaired) electrons. The van der Waals surface area contributed by atoms with Gasteiger partial charge in [0.2, 0.25) is 5.75 Å². The zero-order valence-corrected chi connectivity index (χ0v) is 18.5. The van der Waals surface area contributed by atoms with Gasteiger partial charge in [0, 0.05) is 26.8 Å². The molecule has 1 fully saturated rings. The van der Waals surface area contributed by atoms with Gasteiger partial charge in [-0.2, -0.15) is 0 Å². The quantitative estimate of drug-likeness (QED) is 0.668. The van der Waals surface area contributed by atoms with E-state index in [0.29, 0.717) is 40.9 Å². The van der Waals surface area contributed by atoms with Gasteiger partial charge in [-0.25, -0.2) is 9.97 Å². The molecule has 0 aliphatic carbocycles. The molecule has 0 unspecified atom stereocenters. The predicted molar refractivity (Wildman–Crippen MR) is 114 cm³/mol. The van der Waals surface area contributed by atoms with Crippen LogP contribution in [0.3, 0.4) is 0 Å². The standard InChI is InChI=1S/C22H28N4O5/c1-14-15(22(28)25(2)3)12-23-21(24-14)16-8-7-11-26(16)19(27)13-31-20-17(29-4)9-6-10-18(20)30-5/h6,9-10,12,16H,7-8,11,13H2,1-5H3/t16-/m1/s1. The number of methoxy groups -OCH3 is 2. The van der Waals surface area contributed by atoms with Crippen LogP contribution in [0.4, 0.5) is 0 Å². The third-order valence-corrected chi connectivity index (χ3v) is 5.23. The van der Waals surface area contributed by atoms with Gasteiger partial charge in [0.25, 0.3) is 11.8 Å². The lowest BCUT2D eigenvalue weighted by Gasteiger charge is -2.24. The monoisotopic (exact) mass is 428 g/mol. The second kappa shape index (κ2) is 9.63. The Morgan fingerprint density at radius 2 is 1.87 bits per heavy atom. The van der Waals surface area contributed by atoms with Crippen LogP contribution in [0.1, 0.15) is 40.8 Å². The Labute approximate surface area is 181 Å². The van der Waals surface area contributed by atoms with Crippen molar-refractivity contribution in [2.45, 2.75) is 25.8 Å². The molecule has 166 valence electrons. The molecule has 0 bridgehead atoms. The highest BCUT2D eigenvalue weighted by molar-refractivity contribution is 5.94. The molecule has 9 nitrogen and oxygen atoms in total. The fraction of sp³-hybridized carbons (Fsp3) is 0.455. The zero-order chi connectivity index (χ0) is 22.5. The van der Waals surface area contributed by atoms with E-state index in [9.17, 15) is 9.59 Å². The molecule has 3 rings (SSSR count). The van der Waals surface area contributed by atoms with Crippen LogP contribution in [0, 0.1) is 6.92 Å². The highest BCUT2D eigenvalue weighted by Gasteiger charge is 2.33. The van der Waals surface area contributed by atoms with E-state index in [-0.39, 0.29) is 24.5 Å². The third kappa shape index (κ3) is 4.70. The number of likely N-dealkylation sites (tertiary alicyclic amines) is 1. The van der Waals surface area contributed by atoms with E-state index in [1.165, 1.54) is 25.3 Å². The van der Waals surface area contributed by atoms with Gasteiger partial charge in [0.05, 0.1) is 31.5 Å². The van der Waals surface area contributed by atoms with Gasteiger partial charge in [0.15, 0.2) is 23.9 Å². The number of benzene rings is 1. The molecule has 0 saturated carbocycles. The number of amides is 2. The summed E-state index contributed by atoms with van der Waals surface area (Å²) in [7, 11) is 6.43. The average Bonchev–Trinajstić information content (AvgIpc) is 3.26. The van der Waals surface area contributed by atoms with Crippen molar-refractivity contribution < 1.29 is 23.8 Å². The fourth-order valence-electron chi connectivity index (χ4n) is 3.61. The van der Waals surface area contributed by atoms with E-state index >= 15 is 0 Å². The van der Waals surface area contributed by atoms with Crippen LogP contribution in [0.5, 0.6) is 17.2 Å². The van der Waals surface area contributed by atoms with Crippen molar-refractivity contribution in [2.75, 3.05) is 41.5 Å². The molecule has 9 heteroatoms. The summed E-state index contributed by atoms with van der Waals surface area (Å²) in [4.78, 5) is 37.3. The van der Waals surface area contributed by atoms with Crippen LogP contribution in [0.15, 0.2) is 24.4 Å². The van der Waals surface area contributed by atoms with Gasteiger partial charge in [0.1, 0.15) is 0 Å². The maximum absolute atomic E-state index is 13.0. The maximum Gasteiger partial charge on any atom is 0.261 e. The summed E-state index contributed by atoms with van der Waals surface area (Å²) in [6, 6.07) is 5.02. The summed E-state index contributed by atoms with van der Waals surface area (Å²) in [5.74, 6) is 1.58. The Bertz CT molecular complexity index is 941. The van der Waals surface area contributed by atoms with Crippen molar-refractivity contribution >= 4 is 11.8 Å². The first-order chi connectivity index (χ1) is 14.9. The van der Waals surface area contributed by atoms with E-state index in [2.05, 4.69) is 9.97 Å². The molecule has 1 aliphatic heterocycles. The lowest BCUT2D eigenvalue weighted by molar-refractivity contribution is -0.134. The third-order valence-electron chi connectivity index (χ3n) is 5.23. The minimum absolute atomic E-state index is 0.150. The van der Waals surface area contributed by atoms with Gasteiger partial charge >= 0.3 is 0 Å². The molecule has 2 aromatic rings. The number of para-hydroxylation sites is 1. The number of carbonyl (C=O) groups excluding carboxylic acids is 2. The number of aromatic nitrogens is 2. The summed E-state index contributed by atoms with van der Waals surface area (Å²) in [6.45, 7) is 2.21. The molecular formula is C22H28N4O5. The lowest BCUT2D eigenvalue weighted by atomic mass is 10.1. The number of nitrogens with zero attached hydrogens (tertiary/aromatic N) is 4. The van der Waals surface area contributed by atoms with E-state index in [4.69, 9.17) is 14.2 Å². The first kappa shape index (κ1) is 22.3. The van der Waals surface area contributed by atoms with Crippen LogP contribution in [0.25, 0.3) is 0 Å². The minimum atomic E-state index is -0.252. The van der Waals surface area contributed by atoms with Crippen LogP contribution in [0.2, 0.25) is 0 Å². The van der Waals surface area contributed by atoms with Gasteiger partial charge in [-0.3, -0.25) is 9.59 Å². The number of hydrogen-bond acceptors (Lipinski definition) is 7. The van der Waals surface area contributed by atoms with E-state index in [1.807, 2.05) is 0 Å². The minimum Gasteiger partial charge on any atom is -0.493 e. The van der Waals surface area contributed by atoms with Crippen LogP contribution in [-0.4, -0.2) is 73.0 Å². The topological polar surface area (TPSA) is 94.1 Å².